The van der Waals surface area contributed by atoms with Crippen molar-refractivity contribution in [1.82, 2.24) is 4.98 Å². The molecule has 0 saturated heterocycles. The van der Waals surface area contributed by atoms with Crippen molar-refractivity contribution < 1.29 is 0 Å². The van der Waals surface area contributed by atoms with Gasteiger partial charge in [-0.1, -0.05) is 54.6 Å². The molecule has 0 aliphatic carbocycles. The van der Waals surface area contributed by atoms with Crippen molar-refractivity contribution in [3.8, 4) is 11.3 Å². The highest BCUT2D eigenvalue weighted by Crippen LogP contribution is 2.30. The van der Waals surface area contributed by atoms with Crippen LogP contribution in [-0.4, -0.2) is 17.1 Å². The lowest BCUT2D eigenvalue weighted by Gasteiger charge is -2.19. The molecule has 0 spiro atoms. The first-order chi connectivity index (χ1) is 13.0. The minimum Gasteiger partial charge on any atom is -0.384 e. The topological polar surface area (TPSA) is 50.9 Å². The highest BCUT2D eigenvalue weighted by atomic mass is 35.5. The summed E-state index contributed by atoms with van der Waals surface area (Å²) in [7, 11) is 0. The Labute approximate surface area is 184 Å². The molecule has 0 fully saturated rings. The van der Waals surface area contributed by atoms with E-state index in [1.165, 1.54) is 10.8 Å². The number of nitrogens with two attached hydrogens (primary N) is 1. The SMILES string of the molecule is CC(C)(N)CCNc1cc(-c2ccc3ccccc3c2)nc2ccccc12.Cl.Cl. The van der Waals surface area contributed by atoms with E-state index in [-0.39, 0.29) is 30.4 Å². The normalized spacial score (nSPS) is 11.0. The van der Waals surface area contributed by atoms with Crippen LogP contribution in [0.15, 0.2) is 72.8 Å². The zero-order valence-electron chi connectivity index (χ0n) is 16.7. The molecule has 0 bridgehead atoms. The summed E-state index contributed by atoms with van der Waals surface area (Å²) in [6.45, 7) is 4.94. The van der Waals surface area contributed by atoms with Crippen molar-refractivity contribution in [3.63, 3.8) is 0 Å². The lowest BCUT2D eigenvalue weighted by molar-refractivity contribution is 0.491. The van der Waals surface area contributed by atoms with Crippen LogP contribution >= 0.6 is 24.8 Å². The molecule has 3 aromatic carbocycles. The molecule has 3 N–H and O–H groups in total. The molecule has 0 unspecified atom stereocenters. The first-order valence-corrected chi connectivity index (χ1v) is 9.41. The number of anilines is 1. The van der Waals surface area contributed by atoms with Gasteiger partial charge in [0.15, 0.2) is 0 Å². The van der Waals surface area contributed by atoms with Crippen molar-refractivity contribution in [2.24, 2.45) is 5.73 Å². The van der Waals surface area contributed by atoms with Crippen LogP contribution in [0, 0.1) is 0 Å². The molecular formula is C24H27Cl2N3. The molecule has 4 rings (SSSR count). The van der Waals surface area contributed by atoms with Crippen LogP contribution < -0.4 is 11.1 Å². The van der Waals surface area contributed by atoms with Crippen LogP contribution in [-0.2, 0) is 0 Å². The van der Waals surface area contributed by atoms with Crippen molar-refractivity contribution in [3.05, 3.63) is 72.8 Å². The average Bonchev–Trinajstić information content (AvgIpc) is 2.66. The van der Waals surface area contributed by atoms with Gasteiger partial charge in [0.1, 0.15) is 0 Å². The fourth-order valence-electron chi connectivity index (χ4n) is 3.34. The number of aromatic nitrogens is 1. The number of hydrogen-bond acceptors (Lipinski definition) is 3. The Hall–Kier alpha value is -2.33. The Kier molecular flexibility index (Phi) is 7.48. The van der Waals surface area contributed by atoms with Crippen LogP contribution in [0.25, 0.3) is 32.9 Å². The monoisotopic (exact) mass is 427 g/mol. The van der Waals surface area contributed by atoms with Crippen LogP contribution in [0.3, 0.4) is 0 Å². The molecule has 1 aromatic heterocycles. The molecule has 1 heterocycles. The third-order valence-corrected chi connectivity index (χ3v) is 4.85. The maximum Gasteiger partial charge on any atom is 0.0730 e. The van der Waals surface area contributed by atoms with E-state index in [2.05, 4.69) is 85.9 Å². The molecule has 0 atom stereocenters. The zero-order valence-corrected chi connectivity index (χ0v) is 18.3. The minimum atomic E-state index is -0.184. The highest BCUT2D eigenvalue weighted by molar-refractivity contribution is 5.95. The summed E-state index contributed by atoms with van der Waals surface area (Å²) in [6.07, 6.45) is 0.898. The minimum absolute atomic E-state index is 0. The maximum atomic E-state index is 6.13. The Bertz CT molecular complexity index is 1100. The summed E-state index contributed by atoms with van der Waals surface area (Å²) in [5.41, 5.74) is 10.2. The van der Waals surface area contributed by atoms with Gasteiger partial charge < -0.3 is 11.1 Å². The van der Waals surface area contributed by atoms with Gasteiger partial charge in [-0.05, 0) is 49.2 Å². The molecule has 5 heteroatoms. The Morgan fingerprint density at radius 2 is 1.55 bits per heavy atom. The number of fused-ring (bicyclic) bond motifs is 2. The van der Waals surface area contributed by atoms with Gasteiger partial charge in [-0.3, -0.25) is 0 Å². The quantitative estimate of drug-likeness (QED) is 0.385. The molecule has 0 radical (unpaired) electrons. The van der Waals surface area contributed by atoms with Crippen LogP contribution in [0.4, 0.5) is 5.69 Å². The van der Waals surface area contributed by atoms with Gasteiger partial charge in [0.2, 0.25) is 0 Å². The first-order valence-electron chi connectivity index (χ1n) is 9.41. The highest BCUT2D eigenvalue weighted by Gasteiger charge is 2.12. The van der Waals surface area contributed by atoms with Gasteiger partial charge in [0.05, 0.1) is 11.2 Å². The number of rotatable bonds is 5. The molecule has 0 amide bonds. The molecule has 3 nitrogen and oxygen atoms in total. The molecule has 0 aliphatic heterocycles. The fraction of sp³-hybridized carbons (Fsp3) is 0.208. The number of halogens is 2. The second kappa shape index (κ2) is 9.45. The molecule has 29 heavy (non-hydrogen) atoms. The number of pyridine rings is 1. The first kappa shape index (κ1) is 23.0. The molecule has 0 saturated carbocycles. The summed E-state index contributed by atoms with van der Waals surface area (Å²) in [4.78, 5) is 4.91. The van der Waals surface area contributed by atoms with E-state index < -0.39 is 0 Å². The predicted molar refractivity (Wildman–Crippen MR) is 131 cm³/mol. The number of para-hydroxylation sites is 1. The standard InChI is InChI=1S/C24H25N3.2ClH/c1-24(2,25)13-14-26-23-16-22(27-21-10-6-5-9-20(21)23)19-12-11-17-7-3-4-8-18(17)15-19;;/h3-12,15-16H,13-14,25H2,1-2H3,(H,26,27);2*1H. The van der Waals surface area contributed by atoms with Gasteiger partial charge in [-0.15, -0.1) is 24.8 Å². The number of nitrogens with zero attached hydrogens (tertiary/aromatic N) is 1. The van der Waals surface area contributed by atoms with Gasteiger partial charge in [0, 0.05) is 28.7 Å². The Morgan fingerprint density at radius 3 is 2.31 bits per heavy atom. The fourth-order valence-corrected chi connectivity index (χ4v) is 3.34. The lowest BCUT2D eigenvalue weighted by atomic mass is 10.0. The zero-order chi connectivity index (χ0) is 18.9. The third kappa shape index (κ3) is 5.39. The van der Waals surface area contributed by atoms with E-state index in [9.17, 15) is 0 Å². The molecule has 152 valence electrons. The second-order valence-electron chi connectivity index (χ2n) is 7.80. The van der Waals surface area contributed by atoms with Gasteiger partial charge in [-0.2, -0.15) is 0 Å². The van der Waals surface area contributed by atoms with E-state index in [1.54, 1.807) is 0 Å². The summed E-state index contributed by atoms with van der Waals surface area (Å²) in [5.74, 6) is 0. The van der Waals surface area contributed by atoms with E-state index in [0.717, 1.165) is 40.8 Å². The van der Waals surface area contributed by atoms with Crippen LogP contribution in [0.2, 0.25) is 0 Å². The summed E-state index contributed by atoms with van der Waals surface area (Å²) >= 11 is 0. The third-order valence-electron chi connectivity index (χ3n) is 4.85. The molecular weight excluding hydrogens is 401 g/mol. The van der Waals surface area contributed by atoms with Crippen molar-refractivity contribution in [2.45, 2.75) is 25.8 Å². The predicted octanol–water partition coefficient (Wildman–Crippen LogP) is 6.44. The van der Waals surface area contributed by atoms with Crippen molar-refractivity contribution >= 4 is 52.2 Å². The largest absolute Gasteiger partial charge is 0.384 e. The number of nitrogens with one attached hydrogen (secondary N) is 1. The molecule has 4 aromatic rings. The maximum absolute atomic E-state index is 6.13. The summed E-state index contributed by atoms with van der Waals surface area (Å²) in [6, 6.07) is 25.3. The van der Waals surface area contributed by atoms with Crippen LogP contribution in [0.1, 0.15) is 20.3 Å². The summed E-state index contributed by atoms with van der Waals surface area (Å²) in [5, 5.41) is 7.18. The summed E-state index contributed by atoms with van der Waals surface area (Å²) < 4.78 is 0. The Balaban J connectivity index is 0.00000150. The number of hydrogen-bond donors (Lipinski definition) is 2. The van der Waals surface area contributed by atoms with Crippen molar-refractivity contribution in [1.29, 1.82) is 0 Å². The van der Waals surface area contributed by atoms with Gasteiger partial charge in [-0.25, -0.2) is 4.98 Å². The van der Waals surface area contributed by atoms with E-state index >= 15 is 0 Å². The van der Waals surface area contributed by atoms with Gasteiger partial charge >= 0.3 is 0 Å². The van der Waals surface area contributed by atoms with Crippen LogP contribution in [0.5, 0.6) is 0 Å². The number of benzene rings is 3. The molecule has 0 aliphatic rings. The Morgan fingerprint density at radius 1 is 0.862 bits per heavy atom. The lowest BCUT2D eigenvalue weighted by Crippen LogP contribution is -2.34. The van der Waals surface area contributed by atoms with E-state index in [4.69, 9.17) is 10.7 Å². The smallest absolute Gasteiger partial charge is 0.0730 e. The van der Waals surface area contributed by atoms with E-state index in [1.807, 2.05) is 6.07 Å². The van der Waals surface area contributed by atoms with Gasteiger partial charge in [0.25, 0.3) is 0 Å². The average molecular weight is 428 g/mol. The second-order valence-corrected chi connectivity index (χ2v) is 7.80. The van der Waals surface area contributed by atoms with E-state index in [0.29, 0.717) is 0 Å². The van der Waals surface area contributed by atoms with Crippen molar-refractivity contribution in [2.75, 3.05) is 11.9 Å².